The van der Waals surface area contributed by atoms with Gasteiger partial charge in [-0.15, -0.1) is 0 Å². The number of para-hydroxylation sites is 1. The van der Waals surface area contributed by atoms with Crippen LogP contribution in [0, 0.1) is 5.92 Å². The van der Waals surface area contributed by atoms with Gasteiger partial charge in [0.25, 0.3) is 0 Å². The van der Waals surface area contributed by atoms with Crippen LogP contribution in [0.2, 0.25) is 0 Å². The number of hydrogen-bond acceptors (Lipinski definition) is 4. The third-order valence-electron chi connectivity index (χ3n) is 7.45. The van der Waals surface area contributed by atoms with E-state index in [0.29, 0.717) is 13.2 Å². The molecule has 4 aromatic rings. The molecule has 0 amide bonds. The lowest BCUT2D eigenvalue weighted by Gasteiger charge is -2.45. The van der Waals surface area contributed by atoms with Gasteiger partial charge < -0.3 is 23.9 Å². The number of aliphatic carboxylic acids is 1. The van der Waals surface area contributed by atoms with Gasteiger partial charge in [0, 0.05) is 28.6 Å². The highest BCUT2D eigenvalue weighted by atomic mass is 16.6. The summed E-state index contributed by atoms with van der Waals surface area (Å²) in [5, 5.41) is 10.5. The predicted octanol–water partition coefficient (Wildman–Crippen LogP) is 6.38. The average molecular weight is 514 g/mol. The summed E-state index contributed by atoms with van der Waals surface area (Å²) >= 11 is 0. The van der Waals surface area contributed by atoms with Gasteiger partial charge in [-0.25, -0.2) is 0 Å². The Morgan fingerprint density at radius 1 is 0.868 bits per heavy atom. The summed E-state index contributed by atoms with van der Waals surface area (Å²) in [6.45, 7) is 5.08. The van der Waals surface area contributed by atoms with Crippen molar-refractivity contribution in [2.24, 2.45) is 5.92 Å². The monoisotopic (exact) mass is 513 g/mol. The maximum Gasteiger partial charge on any atom is 0.323 e. The van der Waals surface area contributed by atoms with Crippen LogP contribution >= 0.6 is 0 Å². The summed E-state index contributed by atoms with van der Waals surface area (Å²) in [6.07, 6.45) is 1.70. The molecule has 1 aliphatic heterocycles. The van der Waals surface area contributed by atoms with E-state index in [1.165, 1.54) is 0 Å². The number of fused-ring (bicyclic) bond motifs is 1. The molecule has 0 unspecified atom stereocenters. The van der Waals surface area contributed by atoms with Crippen LogP contribution in [0.3, 0.4) is 0 Å². The van der Waals surface area contributed by atoms with Crippen LogP contribution in [-0.4, -0.2) is 34.0 Å². The van der Waals surface area contributed by atoms with Crippen LogP contribution in [0.25, 0.3) is 10.9 Å². The highest BCUT2D eigenvalue weighted by Crippen LogP contribution is 2.42. The number of benzene rings is 3. The Labute approximate surface area is 223 Å². The van der Waals surface area contributed by atoms with Gasteiger partial charge in [0.05, 0.1) is 25.4 Å². The summed E-state index contributed by atoms with van der Waals surface area (Å²) in [5.74, 6) is -0.782. The first-order valence-electron chi connectivity index (χ1n) is 13.3. The molecule has 6 heteroatoms. The van der Waals surface area contributed by atoms with Gasteiger partial charge >= 0.3 is 5.97 Å². The van der Waals surface area contributed by atoms with Gasteiger partial charge in [-0.2, -0.15) is 0 Å². The van der Waals surface area contributed by atoms with Crippen LogP contribution in [0.15, 0.2) is 91.1 Å². The predicted molar refractivity (Wildman–Crippen MR) is 147 cm³/mol. The molecule has 1 N–H and O–H groups in total. The summed E-state index contributed by atoms with van der Waals surface area (Å²) in [7, 11) is 0. The van der Waals surface area contributed by atoms with E-state index in [1.54, 1.807) is 4.57 Å². The molecule has 3 aromatic carbocycles. The van der Waals surface area contributed by atoms with Gasteiger partial charge in [-0.3, -0.25) is 4.79 Å². The highest BCUT2D eigenvalue weighted by Gasteiger charge is 2.46. The van der Waals surface area contributed by atoms with Crippen molar-refractivity contribution in [1.29, 1.82) is 0 Å². The number of aromatic nitrogens is 1. The quantitative estimate of drug-likeness (QED) is 0.266. The van der Waals surface area contributed by atoms with Gasteiger partial charge in [-0.05, 0) is 23.6 Å². The largest absolute Gasteiger partial charge is 0.480 e. The maximum absolute atomic E-state index is 11.6. The van der Waals surface area contributed by atoms with Crippen molar-refractivity contribution in [1.82, 2.24) is 4.57 Å². The molecule has 1 aliphatic rings. The molecule has 0 spiro atoms. The molecule has 0 radical (unpaired) electrons. The second-order valence-corrected chi connectivity index (χ2v) is 10.0. The first kappa shape index (κ1) is 26.2. The van der Waals surface area contributed by atoms with E-state index in [0.717, 1.165) is 34.0 Å². The number of carboxylic acid groups (broad SMARTS) is 1. The lowest BCUT2D eigenvalue weighted by atomic mass is 9.84. The van der Waals surface area contributed by atoms with Crippen LogP contribution in [0.4, 0.5) is 0 Å². The molecule has 0 saturated carbocycles. The first-order chi connectivity index (χ1) is 18.5. The SMILES string of the molecule is CC[C@H]1O[C@@H](c2cn(CC(=O)O)c3ccccc23)[C@H](OCc2ccccc2)[C@@H](OCc2ccccc2)[C@@H]1C. The van der Waals surface area contributed by atoms with Crippen molar-refractivity contribution in [3.8, 4) is 0 Å². The van der Waals surface area contributed by atoms with Crippen molar-refractivity contribution in [2.75, 3.05) is 0 Å². The molecular formula is C32H35NO5. The normalized spacial score (nSPS) is 23.5. The molecule has 38 heavy (non-hydrogen) atoms. The van der Waals surface area contributed by atoms with Crippen molar-refractivity contribution in [2.45, 2.75) is 64.4 Å². The van der Waals surface area contributed by atoms with Gasteiger partial charge in [-0.1, -0.05) is 92.7 Å². The lowest BCUT2D eigenvalue weighted by Crippen LogP contribution is -2.51. The summed E-state index contributed by atoms with van der Waals surface area (Å²) in [4.78, 5) is 11.6. The minimum absolute atomic E-state index is 0.0288. The zero-order valence-corrected chi connectivity index (χ0v) is 21.9. The van der Waals surface area contributed by atoms with Gasteiger partial charge in [0.1, 0.15) is 18.8 Å². The summed E-state index contributed by atoms with van der Waals surface area (Å²) < 4.78 is 21.9. The molecule has 5 rings (SSSR count). The second kappa shape index (κ2) is 11.9. The zero-order valence-electron chi connectivity index (χ0n) is 21.9. The van der Waals surface area contributed by atoms with E-state index in [-0.39, 0.29) is 30.8 Å². The lowest BCUT2D eigenvalue weighted by molar-refractivity contribution is -0.234. The van der Waals surface area contributed by atoms with Crippen LogP contribution < -0.4 is 0 Å². The molecule has 0 aliphatic carbocycles. The van der Waals surface area contributed by atoms with Gasteiger partial charge in [0.2, 0.25) is 0 Å². The third kappa shape index (κ3) is 5.68. The van der Waals surface area contributed by atoms with Crippen molar-refractivity contribution in [3.63, 3.8) is 0 Å². The Morgan fingerprint density at radius 3 is 2.05 bits per heavy atom. The standard InChI is InChI=1S/C32H35NO5/c1-3-28-22(2)30(36-20-23-12-6-4-7-13-23)32(37-21-24-14-8-5-9-15-24)31(38-28)26-18-33(19-29(34)35)27-17-11-10-16-25(26)27/h4-18,22,28,30-32H,3,19-21H2,1-2H3,(H,34,35)/t22-,28-,30+,31+,32-/m1/s1. The molecule has 198 valence electrons. The maximum atomic E-state index is 11.6. The number of ether oxygens (including phenoxy) is 3. The number of carbonyl (C=O) groups is 1. The molecule has 2 heterocycles. The number of rotatable bonds is 10. The number of carboxylic acids is 1. The van der Waals surface area contributed by atoms with Gasteiger partial charge in [0.15, 0.2) is 0 Å². The van der Waals surface area contributed by atoms with Crippen LogP contribution in [0.5, 0.6) is 0 Å². The minimum Gasteiger partial charge on any atom is -0.480 e. The summed E-state index contributed by atoms with van der Waals surface area (Å²) in [5.41, 5.74) is 3.98. The molecule has 1 saturated heterocycles. The summed E-state index contributed by atoms with van der Waals surface area (Å²) in [6, 6.07) is 28.2. The van der Waals surface area contributed by atoms with Crippen LogP contribution in [-0.2, 0) is 38.8 Å². The Bertz CT molecular complexity index is 1340. The van der Waals surface area contributed by atoms with E-state index >= 15 is 0 Å². The topological polar surface area (TPSA) is 69.9 Å². The number of hydrogen-bond donors (Lipinski definition) is 1. The Morgan fingerprint density at radius 2 is 1.45 bits per heavy atom. The third-order valence-corrected chi connectivity index (χ3v) is 7.45. The molecule has 5 atom stereocenters. The fourth-order valence-electron chi connectivity index (χ4n) is 5.53. The molecular weight excluding hydrogens is 478 g/mol. The average Bonchev–Trinajstić information content (AvgIpc) is 3.30. The minimum atomic E-state index is -0.886. The van der Waals surface area contributed by atoms with E-state index < -0.39 is 12.1 Å². The Kier molecular flexibility index (Phi) is 8.23. The van der Waals surface area contributed by atoms with Crippen molar-refractivity contribution in [3.05, 3.63) is 108 Å². The van der Waals surface area contributed by atoms with Crippen molar-refractivity contribution >= 4 is 16.9 Å². The van der Waals surface area contributed by atoms with E-state index in [2.05, 4.69) is 38.1 Å². The van der Waals surface area contributed by atoms with E-state index in [1.807, 2.05) is 66.9 Å². The fourth-order valence-corrected chi connectivity index (χ4v) is 5.53. The molecule has 0 bridgehead atoms. The molecule has 1 aromatic heterocycles. The number of nitrogens with zero attached hydrogens (tertiary/aromatic N) is 1. The fraction of sp³-hybridized carbons (Fsp3) is 0.344. The van der Waals surface area contributed by atoms with Crippen LogP contribution in [0.1, 0.15) is 43.1 Å². The van der Waals surface area contributed by atoms with E-state index in [9.17, 15) is 9.90 Å². The smallest absolute Gasteiger partial charge is 0.323 e. The highest BCUT2D eigenvalue weighted by molar-refractivity contribution is 5.85. The Balaban J connectivity index is 1.54. The first-order valence-corrected chi connectivity index (χ1v) is 13.3. The van der Waals surface area contributed by atoms with E-state index in [4.69, 9.17) is 14.2 Å². The zero-order chi connectivity index (χ0) is 26.5. The second-order valence-electron chi connectivity index (χ2n) is 10.0. The van der Waals surface area contributed by atoms with Crippen molar-refractivity contribution < 1.29 is 24.1 Å². The Hall–Kier alpha value is -3.45. The molecule has 1 fully saturated rings. The molecule has 6 nitrogen and oxygen atoms in total.